The number of nitrogens with zero attached hydrogens (tertiary/aromatic N) is 15. The van der Waals surface area contributed by atoms with Crippen LogP contribution in [0.5, 0.6) is 0 Å². The first-order chi connectivity index (χ1) is 74.1. The third-order valence-electron chi connectivity index (χ3n) is 28.9. The minimum Gasteiger partial charge on any atom is -0.319 e. The third kappa shape index (κ3) is 14.6. The van der Waals surface area contributed by atoms with Crippen molar-refractivity contribution in [3.63, 3.8) is 0 Å². The topological polar surface area (TPSA) is 205 Å². The molecule has 150 heavy (non-hydrogen) atoms. The van der Waals surface area contributed by atoms with E-state index in [0.717, 1.165) is 221 Å². The van der Waals surface area contributed by atoms with Gasteiger partial charge >= 0.3 is 0 Å². The summed E-state index contributed by atoms with van der Waals surface area (Å²) in [4.78, 5) is 7.54. The Morgan fingerprint density at radius 3 is 0.847 bits per heavy atom. The summed E-state index contributed by atoms with van der Waals surface area (Å²) in [5, 5.41) is 83.4. The van der Waals surface area contributed by atoms with Gasteiger partial charge in [-0.05, 0) is 203 Å². The van der Waals surface area contributed by atoms with E-state index in [2.05, 4.69) is 262 Å². The molecule has 6 aromatic heterocycles. The van der Waals surface area contributed by atoms with Gasteiger partial charge in [-0.1, -0.05) is 291 Å². The van der Waals surface area contributed by atoms with E-state index in [4.69, 9.17) is 13.1 Å². The molecule has 0 aliphatic carbocycles. The van der Waals surface area contributed by atoms with Crippen molar-refractivity contribution in [1.29, 1.82) is 36.8 Å². The largest absolute Gasteiger partial charge is 0.319 e. The second-order valence-corrected chi connectivity index (χ2v) is 36.8. The maximum Gasteiger partial charge on any atom is 0.211 e. The van der Waals surface area contributed by atoms with Crippen molar-refractivity contribution in [3.8, 4) is 143 Å². The van der Waals surface area contributed by atoms with Crippen LogP contribution < -0.4 is 0 Å². The van der Waals surface area contributed by atoms with Crippen molar-refractivity contribution >= 4 is 142 Å². The maximum absolute atomic E-state index is 10.6. The summed E-state index contributed by atoms with van der Waals surface area (Å²) >= 11 is 0. The molecule has 0 aliphatic heterocycles. The summed E-state index contributed by atoms with van der Waals surface area (Å²) in [6.07, 6.45) is 0. The Bertz CT molecular complexity index is 10800. The van der Waals surface area contributed by atoms with Crippen molar-refractivity contribution in [3.05, 3.63) is 517 Å². The lowest BCUT2D eigenvalue weighted by Gasteiger charge is -2.18. The smallest absolute Gasteiger partial charge is 0.211 e. The Balaban J connectivity index is 0.000000116. The van der Waals surface area contributed by atoms with Crippen molar-refractivity contribution < 1.29 is 0 Å². The van der Waals surface area contributed by atoms with Gasteiger partial charge in [0, 0.05) is 115 Å². The standard InChI is InChI=1S/3C45H25N5/c1-48-40-17-10-16-38-36-14-5-7-18-41(36)49(45(38)40)31-22-23-32(30(26-31)28-47)33-11-2-3-12-34(33)35-13-4-8-19-42(35)50-43-20-9-6-15-37(43)39-25-29(27-46)21-24-44(39)50;1-48-31-19-21-39-37-13-5-7-15-41(37)49(45(39)26-31)32-20-22-33(30(25-32)28-47)34-10-2-3-11-35(34)36-12-4-8-16-42(36)50-43-17-9-6-14-38(43)40-24-29(27-46)18-23-44(40)50;46-26-29-20-23-43-39(24-29)45-30(27-47)10-9-19-44(45)50(43)42-18-8-3-13-36(42)35-12-2-1-11-34(35)33-22-21-32(25-31(33)28-48)49-40-16-6-4-14-37(40)38-15-5-7-17-41(38)49/h2*2-26H;1-25H. The SMILES string of the molecule is N#Cc1ccc2c(c1)c1c(C#N)cccc1n2-c1ccccc1-c1ccccc1-c1ccc(-n2c3ccccc3c3ccccc32)cc1C#N.[C-]#[N+]c1ccc2c3ccccc3n(-c3ccc(-c4ccccc4-c4ccccc4-n4c5ccccc5c5cc(C#N)ccc54)c(C#N)c3)c2c1.[C-]#[N+]c1cccc2c3ccccc3n(-c3ccc(-c4ccccc4-c4ccccc4-n4c5ccccc5c5cc(C#N)ccc54)c(C#N)c3)c12. The van der Waals surface area contributed by atoms with Gasteiger partial charge in [0.15, 0.2) is 5.69 Å². The molecule has 0 saturated heterocycles. The van der Waals surface area contributed by atoms with Crippen LogP contribution in [0.25, 0.3) is 241 Å². The monoisotopic (exact) mass is 1910 g/mol. The van der Waals surface area contributed by atoms with Gasteiger partial charge in [-0.25, -0.2) is 9.69 Å². The second-order valence-electron chi connectivity index (χ2n) is 36.8. The van der Waals surface area contributed by atoms with Gasteiger partial charge in [-0.2, -0.15) is 36.8 Å². The first kappa shape index (κ1) is 89.2. The zero-order valence-corrected chi connectivity index (χ0v) is 80.0. The van der Waals surface area contributed by atoms with Gasteiger partial charge in [-0.15, -0.1) is 0 Å². The first-order valence-corrected chi connectivity index (χ1v) is 48.8. The Labute approximate surface area is 860 Å². The van der Waals surface area contributed by atoms with Crippen LogP contribution in [-0.4, -0.2) is 27.4 Å². The molecule has 0 bridgehead atoms. The van der Waals surface area contributed by atoms with Crippen LogP contribution in [0.1, 0.15) is 38.9 Å². The molecule has 0 N–H and O–H groups in total. The lowest BCUT2D eigenvalue weighted by molar-refractivity contribution is 1.18. The van der Waals surface area contributed by atoms with E-state index >= 15 is 0 Å². The van der Waals surface area contributed by atoms with Gasteiger partial charge in [-0.3, -0.25) is 0 Å². The van der Waals surface area contributed by atoms with Gasteiger partial charge in [0.2, 0.25) is 5.69 Å². The van der Waals surface area contributed by atoms with Gasteiger partial charge in [0.05, 0.1) is 172 Å². The molecule has 690 valence electrons. The molecule has 0 spiro atoms. The fourth-order valence-corrected chi connectivity index (χ4v) is 22.5. The Morgan fingerprint density at radius 1 is 0.173 bits per heavy atom. The average Bonchev–Trinajstić information content (AvgIpc) is 1.54. The zero-order valence-electron chi connectivity index (χ0n) is 80.0. The highest BCUT2D eigenvalue weighted by molar-refractivity contribution is 6.18. The highest BCUT2D eigenvalue weighted by Gasteiger charge is 2.28. The van der Waals surface area contributed by atoms with Crippen LogP contribution in [0.3, 0.4) is 0 Å². The minimum absolute atomic E-state index is 0.538. The molecule has 6 heterocycles. The van der Waals surface area contributed by atoms with Crippen LogP contribution in [0.15, 0.2) is 455 Å². The molecule has 0 radical (unpaired) electrons. The third-order valence-corrected chi connectivity index (χ3v) is 28.9. The fourth-order valence-electron chi connectivity index (χ4n) is 22.5. The fraction of sp³-hybridized carbons (Fsp3) is 0. The lowest BCUT2D eigenvalue weighted by Crippen LogP contribution is -1.99. The van der Waals surface area contributed by atoms with Crippen molar-refractivity contribution in [2.75, 3.05) is 0 Å². The normalized spacial score (nSPS) is 11.1. The van der Waals surface area contributed by atoms with Crippen LogP contribution in [0.4, 0.5) is 11.4 Å². The van der Waals surface area contributed by atoms with Crippen LogP contribution in [0, 0.1) is 92.5 Å². The molecule has 0 saturated carbocycles. The van der Waals surface area contributed by atoms with Crippen molar-refractivity contribution in [1.82, 2.24) is 27.4 Å². The molecule has 0 amide bonds. The number of rotatable bonds is 12. The number of benzene rings is 21. The number of hydrogen-bond donors (Lipinski definition) is 0. The van der Waals surface area contributed by atoms with E-state index in [1.807, 2.05) is 273 Å². The number of hydrogen-bond acceptors (Lipinski definition) is 7. The number of para-hydroxylation sites is 10. The molecule has 27 rings (SSSR count). The van der Waals surface area contributed by atoms with Gasteiger partial charge in [0.25, 0.3) is 0 Å². The average molecular weight is 1910 g/mol. The summed E-state index contributed by atoms with van der Waals surface area (Å²) in [6, 6.07) is 169. The zero-order chi connectivity index (χ0) is 101. The molecule has 15 nitrogen and oxygen atoms in total. The Hall–Kier alpha value is -22.2. The molecule has 0 aliphatic rings. The minimum atomic E-state index is 0.538. The predicted octanol–water partition coefficient (Wildman–Crippen LogP) is 33.8. The summed E-state index contributed by atoms with van der Waals surface area (Å²) in [5.41, 5.74) is 33.9. The Morgan fingerprint density at radius 2 is 0.460 bits per heavy atom. The van der Waals surface area contributed by atoms with E-state index in [1.165, 1.54) is 10.8 Å². The lowest BCUT2D eigenvalue weighted by atomic mass is 9.91. The van der Waals surface area contributed by atoms with Crippen molar-refractivity contribution in [2.45, 2.75) is 0 Å². The number of nitriles is 7. The first-order valence-electron chi connectivity index (χ1n) is 48.8. The van der Waals surface area contributed by atoms with Gasteiger partial charge in [0.1, 0.15) is 0 Å². The predicted molar refractivity (Wildman–Crippen MR) is 604 cm³/mol. The molecular formula is C135H75N15. The molecule has 15 heteroatoms. The molecule has 0 unspecified atom stereocenters. The highest BCUT2D eigenvalue weighted by Crippen LogP contribution is 2.49. The summed E-state index contributed by atoms with van der Waals surface area (Å²) < 4.78 is 13.2. The van der Waals surface area contributed by atoms with E-state index < -0.39 is 0 Å². The summed E-state index contributed by atoms with van der Waals surface area (Å²) in [7, 11) is 0. The number of aromatic nitrogens is 6. The van der Waals surface area contributed by atoms with E-state index in [-0.39, 0.29) is 0 Å². The second kappa shape index (κ2) is 37.0. The summed E-state index contributed by atoms with van der Waals surface area (Å²) in [5.74, 6) is 0. The molecule has 21 aromatic carbocycles. The maximum atomic E-state index is 10.6. The Kier molecular flexibility index (Phi) is 22.0. The van der Waals surface area contributed by atoms with E-state index in [0.29, 0.717) is 50.3 Å². The van der Waals surface area contributed by atoms with Gasteiger partial charge < -0.3 is 27.4 Å². The molecule has 0 fully saturated rings. The molecular weight excluding hydrogens is 1830 g/mol. The van der Waals surface area contributed by atoms with Crippen LogP contribution >= 0.6 is 0 Å². The van der Waals surface area contributed by atoms with Crippen LogP contribution in [0.2, 0.25) is 0 Å². The summed E-state index contributed by atoms with van der Waals surface area (Å²) in [6.45, 7) is 15.5. The number of fused-ring (bicyclic) bond motifs is 18. The van der Waals surface area contributed by atoms with Crippen molar-refractivity contribution in [2.24, 2.45) is 0 Å². The van der Waals surface area contributed by atoms with Crippen LogP contribution in [-0.2, 0) is 0 Å². The van der Waals surface area contributed by atoms with E-state index in [1.54, 1.807) is 0 Å². The molecule has 27 aromatic rings. The van der Waals surface area contributed by atoms with E-state index in [9.17, 15) is 36.8 Å². The highest BCUT2D eigenvalue weighted by atomic mass is 15.0. The quantitative estimate of drug-likeness (QED) is 0.108. The molecule has 0 atom stereocenters.